The van der Waals surface area contributed by atoms with Crippen molar-refractivity contribution in [1.29, 1.82) is 0 Å². The van der Waals surface area contributed by atoms with Crippen LogP contribution in [-0.2, 0) is 9.59 Å². The monoisotopic (exact) mass is 578 g/mol. The molecule has 2 aromatic carbocycles. The molecule has 1 unspecified atom stereocenters. The number of rotatable bonds is 7. The highest BCUT2D eigenvalue weighted by Crippen LogP contribution is 2.30. The number of aromatic nitrogens is 2. The topological polar surface area (TPSA) is 72.9 Å². The summed E-state index contributed by atoms with van der Waals surface area (Å²) in [7, 11) is 0. The van der Waals surface area contributed by atoms with Gasteiger partial charge in [-0.25, -0.2) is 9.97 Å². The lowest BCUT2D eigenvalue weighted by molar-refractivity contribution is -0.131. The van der Waals surface area contributed by atoms with Crippen molar-refractivity contribution in [2.24, 2.45) is 0 Å². The van der Waals surface area contributed by atoms with E-state index in [2.05, 4.69) is 63.3 Å². The van der Waals surface area contributed by atoms with Crippen molar-refractivity contribution in [3.8, 4) is 0 Å². The lowest BCUT2D eigenvalue weighted by Gasteiger charge is -2.40. The molecule has 0 N–H and O–H groups in total. The molecule has 3 aromatic rings. The predicted molar refractivity (Wildman–Crippen MR) is 160 cm³/mol. The minimum absolute atomic E-state index is 0.0782. The highest BCUT2D eigenvalue weighted by Gasteiger charge is 2.29. The number of nitrogens with zero attached hydrogens (tertiary/aromatic N) is 6. The number of hydrogen-bond donors (Lipinski definition) is 0. The molecule has 1 atom stereocenters. The number of amides is 2. The van der Waals surface area contributed by atoms with Gasteiger partial charge in [0.25, 0.3) is 0 Å². The minimum atomic E-state index is 0.0782. The van der Waals surface area contributed by atoms with Crippen molar-refractivity contribution in [1.82, 2.24) is 24.7 Å². The van der Waals surface area contributed by atoms with Crippen LogP contribution in [0.2, 0.25) is 5.15 Å². The van der Waals surface area contributed by atoms with Crippen molar-refractivity contribution in [2.45, 2.75) is 31.1 Å². The molecule has 2 saturated heterocycles. The lowest BCUT2D eigenvalue weighted by Crippen LogP contribution is -2.53. The Balaban J connectivity index is 1.18. The average Bonchev–Trinajstić information content (AvgIpc) is 2.97. The second-order valence-electron chi connectivity index (χ2n) is 10.3. The van der Waals surface area contributed by atoms with Gasteiger partial charge in [0.1, 0.15) is 11.0 Å². The fourth-order valence-corrected chi connectivity index (χ4v) is 6.56. The van der Waals surface area contributed by atoms with Crippen LogP contribution in [-0.4, -0.2) is 94.1 Å². The zero-order valence-electron chi connectivity index (χ0n) is 22.9. The van der Waals surface area contributed by atoms with E-state index in [1.54, 1.807) is 13.0 Å². The molecule has 8 nitrogen and oxygen atoms in total. The highest BCUT2D eigenvalue weighted by atomic mass is 35.5. The zero-order valence-corrected chi connectivity index (χ0v) is 24.5. The van der Waals surface area contributed by atoms with Gasteiger partial charge in [-0.3, -0.25) is 14.5 Å². The lowest BCUT2D eigenvalue weighted by atomic mass is 9.96. The Kier molecular flexibility index (Phi) is 9.24. The van der Waals surface area contributed by atoms with Crippen molar-refractivity contribution in [2.75, 3.05) is 56.5 Å². The standard InChI is InChI=1S/C30H35ClN6O2S/c1-22-20-36(17-18-37(22)23(2)38)27-19-26(31)32-30(33-27)40-21-28(39)34-13-15-35(16-14-34)29(24-9-5-3-6-10-24)25-11-7-4-8-12-25/h3-12,19,22,29H,13-18,20-21H2,1-2H3. The number of benzene rings is 2. The van der Waals surface area contributed by atoms with Gasteiger partial charge in [0, 0.05) is 64.8 Å². The van der Waals surface area contributed by atoms with E-state index in [9.17, 15) is 9.59 Å². The number of carbonyl (C=O) groups excluding carboxylic acids is 2. The summed E-state index contributed by atoms with van der Waals surface area (Å²) < 4.78 is 0. The summed E-state index contributed by atoms with van der Waals surface area (Å²) in [5.74, 6) is 1.15. The van der Waals surface area contributed by atoms with E-state index in [1.807, 2.05) is 28.9 Å². The van der Waals surface area contributed by atoms with E-state index >= 15 is 0 Å². The minimum Gasteiger partial charge on any atom is -0.353 e. The molecule has 1 aromatic heterocycles. The van der Waals surface area contributed by atoms with Gasteiger partial charge < -0.3 is 14.7 Å². The van der Waals surface area contributed by atoms with Gasteiger partial charge in [-0.1, -0.05) is 84.0 Å². The zero-order chi connectivity index (χ0) is 28.1. The van der Waals surface area contributed by atoms with E-state index in [4.69, 9.17) is 16.6 Å². The van der Waals surface area contributed by atoms with Crippen LogP contribution in [0.25, 0.3) is 0 Å². The number of carbonyl (C=O) groups is 2. The summed E-state index contributed by atoms with van der Waals surface area (Å²) in [6.07, 6.45) is 0. The fraction of sp³-hybridized carbons (Fsp3) is 0.400. The number of hydrogen-bond acceptors (Lipinski definition) is 7. The average molecular weight is 579 g/mol. The molecule has 2 fully saturated rings. The normalized spacial score (nSPS) is 18.3. The van der Waals surface area contributed by atoms with E-state index in [1.165, 1.54) is 22.9 Å². The van der Waals surface area contributed by atoms with Crippen LogP contribution in [0.1, 0.15) is 31.0 Å². The molecule has 210 valence electrons. The highest BCUT2D eigenvalue weighted by molar-refractivity contribution is 7.99. The van der Waals surface area contributed by atoms with Gasteiger partial charge in [-0.2, -0.15) is 0 Å². The largest absolute Gasteiger partial charge is 0.353 e. The molecule has 0 bridgehead atoms. The maximum absolute atomic E-state index is 13.2. The van der Waals surface area contributed by atoms with Gasteiger partial charge in [-0.05, 0) is 18.1 Å². The van der Waals surface area contributed by atoms with E-state index in [0.717, 1.165) is 18.9 Å². The molecule has 2 aliphatic rings. The maximum atomic E-state index is 13.2. The summed E-state index contributed by atoms with van der Waals surface area (Å²) in [5.41, 5.74) is 2.52. The second kappa shape index (κ2) is 13.0. The maximum Gasteiger partial charge on any atom is 0.233 e. The molecule has 40 heavy (non-hydrogen) atoms. The summed E-state index contributed by atoms with van der Waals surface area (Å²) in [4.78, 5) is 42.4. The molecule has 0 saturated carbocycles. The molecule has 0 spiro atoms. The molecule has 5 rings (SSSR count). The summed E-state index contributed by atoms with van der Waals surface area (Å²) in [5, 5.41) is 0.840. The van der Waals surface area contributed by atoms with Gasteiger partial charge in [0.15, 0.2) is 5.16 Å². The summed E-state index contributed by atoms with van der Waals surface area (Å²) >= 11 is 7.66. The van der Waals surface area contributed by atoms with Gasteiger partial charge in [-0.15, -0.1) is 0 Å². The fourth-order valence-electron chi connectivity index (χ4n) is 5.58. The first kappa shape index (κ1) is 28.4. The van der Waals surface area contributed by atoms with Crippen LogP contribution in [0.5, 0.6) is 0 Å². The Morgan fingerprint density at radius 2 is 1.55 bits per heavy atom. The Morgan fingerprint density at radius 1 is 0.925 bits per heavy atom. The third-order valence-electron chi connectivity index (χ3n) is 7.60. The second-order valence-corrected chi connectivity index (χ2v) is 11.6. The van der Waals surface area contributed by atoms with Crippen LogP contribution in [0.3, 0.4) is 0 Å². The van der Waals surface area contributed by atoms with Gasteiger partial charge in [0.05, 0.1) is 11.8 Å². The molecule has 0 aliphatic carbocycles. The van der Waals surface area contributed by atoms with Crippen molar-refractivity contribution in [3.63, 3.8) is 0 Å². The van der Waals surface area contributed by atoms with E-state index < -0.39 is 0 Å². The van der Waals surface area contributed by atoms with Crippen LogP contribution in [0.4, 0.5) is 5.82 Å². The van der Waals surface area contributed by atoms with Crippen molar-refractivity contribution >= 4 is 41.0 Å². The Labute approximate surface area is 245 Å². The molecule has 0 radical (unpaired) electrons. The van der Waals surface area contributed by atoms with Crippen molar-refractivity contribution < 1.29 is 9.59 Å². The molecular formula is C30H35ClN6O2S. The van der Waals surface area contributed by atoms with Crippen LogP contribution >= 0.6 is 23.4 Å². The first-order chi connectivity index (χ1) is 19.4. The first-order valence-electron chi connectivity index (χ1n) is 13.7. The van der Waals surface area contributed by atoms with Crippen LogP contribution in [0.15, 0.2) is 71.9 Å². The third kappa shape index (κ3) is 6.77. The Morgan fingerprint density at radius 3 is 2.12 bits per heavy atom. The molecular weight excluding hydrogens is 544 g/mol. The van der Waals surface area contributed by atoms with E-state index in [0.29, 0.717) is 43.0 Å². The smallest absolute Gasteiger partial charge is 0.233 e. The summed E-state index contributed by atoms with van der Waals surface area (Å²) in [6, 6.07) is 23.1. The number of halogens is 1. The number of piperazine rings is 2. The van der Waals surface area contributed by atoms with Crippen LogP contribution < -0.4 is 4.90 Å². The number of thioether (sulfide) groups is 1. The summed E-state index contributed by atoms with van der Waals surface area (Å²) in [6.45, 7) is 8.58. The molecule has 10 heteroatoms. The predicted octanol–water partition coefficient (Wildman–Crippen LogP) is 4.21. The molecule has 2 amide bonds. The van der Waals surface area contributed by atoms with E-state index in [-0.39, 0.29) is 29.7 Å². The molecule has 2 aliphatic heterocycles. The SMILES string of the molecule is CC(=O)N1CCN(c2cc(Cl)nc(SCC(=O)N3CCN(C(c4ccccc4)c4ccccc4)CC3)n2)CC1C. The Bertz CT molecular complexity index is 1270. The van der Waals surface area contributed by atoms with Gasteiger partial charge in [0.2, 0.25) is 11.8 Å². The first-order valence-corrected chi connectivity index (χ1v) is 15.1. The van der Waals surface area contributed by atoms with Crippen molar-refractivity contribution in [3.05, 3.63) is 83.0 Å². The Hall–Kier alpha value is -3.14. The van der Waals surface area contributed by atoms with Gasteiger partial charge >= 0.3 is 0 Å². The van der Waals surface area contributed by atoms with Crippen LogP contribution in [0, 0.1) is 0 Å². The third-order valence-corrected chi connectivity index (χ3v) is 8.63. The number of anilines is 1. The molecule has 3 heterocycles. The quantitative estimate of drug-likeness (QED) is 0.236.